The van der Waals surface area contributed by atoms with Crippen LogP contribution in [0.25, 0.3) is 0 Å². The zero-order valence-electron chi connectivity index (χ0n) is 12.4. The zero-order valence-corrected chi connectivity index (χ0v) is 12.4. The fourth-order valence-electron chi connectivity index (χ4n) is 7.83. The van der Waals surface area contributed by atoms with Crippen molar-refractivity contribution in [2.75, 3.05) is 0 Å². The summed E-state index contributed by atoms with van der Waals surface area (Å²) in [6.45, 7) is 0. The molecule has 0 aromatic rings. The number of allylic oxidation sites excluding steroid dienone is 4. The molecule has 0 saturated heterocycles. The van der Waals surface area contributed by atoms with Gasteiger partial charge in [-0.15, -0.1) is 0 Å². The molecule has 0 unspecified atom stereocenters. The SMILES string of the molecule is C1=C(C2=C[C@H]3CC[C@H]4CC[C@@H]2[C@@H]43)[C@@H]2CC[C@H]3CC[C@@H]1[C@@H]32. The molecule has 6 aliphatic carbocycles. The predicted octanol–water partition coefficient (Wildman–Crippen LogP) is 4.97. The predicted molar refractivity (Wildman–Crippen MR) is 81.0 cm³/mol. The van der Waals surface area contributed by atoms with Crippen LogP contribution in [-0.4, -0.2) is 0 Å². The maximum atomic E-state index is 2.79. The van der Waals surface area contributed by atoms with Crippen molar-refractivity contribution < 1.29 is 0 Å². The second-order valence-electron chi connectivity index (χ2n) is 8.77. The van der Waals surface area contributed by atoms with Crippen LogP contribution < -0.4 is 0 Å². The Balaban J connectivity index is 1.41. The molecule has 4 fully saturated rings. The first-order valence-corrected chi connectivity index (χ1v) is 9.34. The summed E-state index contributed by atoms with van der Waals surface area (Å²) in [6.07, 6.45) is 17.9. The molecule has 0 bridgehead atoms. The molecule has 0 heterocycles. The molecule has 0 aliphatic heterocycles. The Hall–Kier alpha value is -0.520. The monoisotopic (exact) mass is 266 g/mol. The highest BCUT2D eigenvalue weighted by Crippen LogP contribution is 2.64. The van der Waals surface area contributed by atoms with Crippen molar-refractivity contribution in [2.24, 2.45) is 47.3 Å². The Bertz CT molecular complexity index is 476. The summed E-state index contributed by atoms with van der Waals surface area (Å²) in [5, 5.41) is 0. The van der Waals surface area contributed by atoms with Gasteiger partial charge < -0.3 is 0 Å². The molecule has 4 saturated carbocycles. The molecule has 0 spiro atoms. The summed E-state index contributed by atoms with van der Waals surface area (Å²) in [5.41, 5.74) is 3.78. The van der Waals surface area contributed by atoms with Crippen molar-refractivity contribution in [1.82, 2.24) is 0 Å². The average Bonchev–Trinajstić information content (AvgIpc) is 3.18. The number of hydrogen-bond donors (Lipinski definition) is 0. The van der Waals surface area contributed by atoms with E-state index in [2.05, 4.69) is 12.2 Å². The normalized spacial score (nSPS) is 58.0. The molecular weight excluding hydrogens is 240 g/mol. The van der Waals surface area contributed by atoms with Crippen molar-refractivity contribution in [2.45, 2.75) is 51.4 Å². The molecule has 0 N–H and O–H groups in total. The first-order chi connectivity index (χ1) is 9.90. The molecule has 6 aliphatic rings. The highest BCUT2D eigenvalue weighted by molar-refractivity contribution is 5.45. The minimum atomic E-state index is 0.987. The first-order valence-electron chi connectivity index (χ1n) is 9.34. The van der Waals surface area contributed by atoms with Gasteiger partial charge in [0, 0.05) is 0 Å². The maximum absolute atomic E-state index is 2.79. The molecule has 6 rings (SSSR count). The van der Waals surface area contributed by atoms with Gasteiger partial charge in [0.2, 0.25) is 0 Å². The average molecular weight is 266 g/mol. The van der Waals surface area contributed by atoms with Crippen LogP contribution in [0.5, 0.6) is 0 Å². The van der Waals surface area contributed by atoms with E-state index in [-0.39, 0.29) is 0 Å². The first kappa shape index (κ1) is 11.1. The lowest BCUT2D eigenvalue weighted by Gasteiger charge is -2.22. The highest BCUT2D eigenvalue weighted by Gasteiger charge is 2.54. The lowest BCUT2D eigenvalue weighted by molar-refractivity contribution is 0.356. The summed E-state index contributed by atoms with van der Waals surface area (Å²) in [7, 11) is 0. The highest BCUT2D eigenvalue weighted by atomic mass is 14.6. The summed E-state index contributed by atoms with van der Waals surface area (Å²) in [6, 6.07) is 0. The minimum absolute atomic E-state index is 0.987. The molecular formula is C20H26. The Kier molecular flexibility index (Phi) is 2.01. The van der Waals surface area contributed by atoms with Gasteiger partial charge >= 0.3 is 0 Å². The Morgan fingerprint density at radius 1 is 0.550 bits per heavy atom. The molecule has 0 radical (unpaired) electrons. The third-order valence-corrected chi connectivity index (χ3v) is 8.36. The quantitative estimate of drug-likeness (QED) is 0.628. The van der Waals surface area contributed by atoms with E-state index in [1.807, 2.05) is 11.1 Å². The van der Waals surface area contributed by atoms with Crippen LogP contribution in [0.2, 0.25) is 0 Å². The summed E-state index contributed by atoms with van der Waals surface area (Å²) in [5.74, 6) is 8.36. The zero-order chi connectivity index (χ0) is 12.8. The van der Waals surface area contributed by atoms with Crippen LogP contribution in [0, 0.1) is 47.3 Å². The summed E-state index contributed by atoms with van der Waals surface area (Å²) in [4.78, 5) is 0. The standard InChI is InChI=1S/C20H26/c1-3-13-9-17(15-7-5-11(1)19(13)15)18-10-14-4-2-12-6-8-16(18)20(12)14/h9-16,19-20H,1-8H2/t11-,12+,13+,14-,15-,16-,19-,20+/m0/s1. The number of hydrogen-bond acceptors (Lipinski definition) is 0. The van der Waals surface area contributed by atoms with Gasteiger partial charge in [0.05, 0.1) is 0 Å². The second-order valence-corrected chi connectivity index (χ2v) is 8.77. The van der Waals surface area contributed by atoms with E-state index in [1.54, 1.807) is 25.7 Å². The third kappa shape index (κ3) is 1.18. The molecule has 0 heteroatoms. The maximum Gasteiger partial charge on any atom is -0.0126 e. The van der Waals surface area contributed by atoms with E-state index in [0.717, 1.165) is 47.3 Å². The molecule has 106 valence electrons. The van der Waals surface area contributed by atoms with E-state index in [4.69, 9.17) is 0 Å². The molecule has 20 heavy (non-hydrogen) atoms. The van der Waals surface area contributed by atoms with Gasteiger partial charge in [0.1, 0.15) is 0 Å². The van der Waals surface area contributed by atoms with Crippen molar-refractivity contribution >= 4 is 0 Å². The van der Waals surface area contributed by atoms with E-state index in [1.165, 1.54) is 25.7 Å². The smallest absolute Gasteiger partial charge is 0.0126 e. The molecule has 0 aromatic carbocycles. The van der Waals surface area contributed by atoms with Gasteiger partial charge in [-0.3, -0.25) is 0 Å². The van der Waals surface area contributed by atoms with Crippen molar-refractivity contribution in [3.63, 3.8) is 0 Å². The summed E-state index contributed by atoms with van der Waals surface area (Å²) < 4.78 is 0. The van der Waals surface area contributed by atoms with Crippen LogP contribution >= 0.6 is 0 Å². The van der Waals surface area contributed by atoms with Crippen LogP contribution in [0.3, 0.4) is 0 Å². The fourth-order valence-corrected chi connectivity index (χ4v) is 7.83. The van der Waals surface area contributed by atoms with Crippen LogP contribution in [0.1, 0.15) is 51.4 Å². The van der Waals surface area contributed by atoms with Crippen molar-refractivity contribution in [1.29, 1.82) is 0 Å². The van der Waals surface area contributed by atoms with E-state index < -0.39 is 0 Å². The number of rotatable bonds is 1. The van der Waals surface area contributed by atoms with E-state index >= 15 is 0 Å². The molecule has 0 aromatic heterocycles. The second kappa shape index (κ2) is 3.62. The van der Waals surface area contributed by atoms with E-state index in [0.29, 0.717) is 0 Å². The molecule has 0 nitrogen and oxygen atoms in total. The van der Waals surface area contributed by atoms with Gasteiger partial charge in [-0.25, -0.2) is 0 Å². The van der Waals surface area contributed by atoms with Gasteiger partial charge in [0.15, 0.2) is 0 Å². The van der Waals surface area contributed by atoms with Gasteiger partial charge in [-0.1, -0.05) is 12.2 Å². The van der Waals surface area contributed by atoms with E-state index in [9.17, 15) is 0 Å². The van der Waals surface area contributed by atoms with Crippen molar-refractivity contribution in [3.05, 3.63) is 23.3 Å². The Morgan fingerprint density at radius 3 is 1.50 bits per heavy atom. The van der Waals surface area contributed by atoms with Crippen molar-refractivity contribution in [3.8, 4) is 0 Å². The van der Waals surface area contributed by atoms with Crippen LogP contribution in [0.15, 0.2) is 23.3 Å². The minimum Gasteiger partial charge on any atom is -0.0773 e. The van der Waals surface area contributed by atoms with Crippen LogP contribution in [0.4, 0.5) is 0 Å². The van der Waals surface area contributed by atoms with Crippen LogP contribution in [-0.2, 0) is 0 Å². The van der Waals surface area contributed by atoms with Gasteiger partial charge in [0.25, 0.3) is 0 Å². The molecule has 0 amide bonds. The Labute approximate surface area is 122 Å². The molecule has 8 atom stereocenters. The largest absolute Gasteiger partial charge is 0.0773 e. The van der Waals surface area contributed by atoms with Gasteiger partial charge in [-0.05, 0) is 110 Å². The summed E-state index contributed by atoms with van der Waals surface area (Å²) >= 11 is 0. The topological polar surface area (TPSA) is 0 Å². The van der Waals surface area contributed by atoms with Gasteiger partial charge in [-0.2, -0.15) is 0 Å². The third-order valence-electron chi connectivity index (χ3n) is 8.36. The lowest BCUT2D eigenvalue weighted by atomic mass is 9.82. The lowest BCUT2D eigenvalue weighted by Crippen LogP contribution is -2.15. The Morgan fingerprint density at radius 2 is 1.00 bits per heavy atom. The fraction of sp³-hybridized carbons (Fsp3) is 0.800.